The van der Waals surface area contributed by atoms with E-state index in [1.807, 2.05) is 36.1 Å². The van der Waals surface area contributed by atoms with Crippen molar-refractivity contribution in [2.45, 2.75) is 24.3 Å². The van der Waals surface area contributed by atoms with Gasteiger partial charge in [-0.3, -0.25) is 4.79 Å². The molecule has 0 aromatic heterocycles. The molecule has 0 aliphatic carbocycles. The molecule has 0 saturated carbocycles. The first-order chi connectivity index (χ1) is 13.9. The first kappa shape index (κ1) is 20.0. The molecule has 2 aromatic carbocycles. The predicted molar refractivity (Wildman–Crippen MR) is 108 cm³/mol. The minimum absolute atomic E-state index is 0.0651. The van der Waals surface area contributed by atoms with Gasteiger partial charge in [-0.1, -0.05) is 30.3 Å². The zero-order valence-electron chi connectivity index (χ0n) is 16.3. The van der Waals surface area contributed by atoms with Crippen LogP contribution < -0.4 is 9.80 Å². The van der Waals surface area contributed by atoms with Crippen molar-refractivity contribution in [3.05, 3.63) is 59.9 Å². The quantitative estimate of drug-likeness (QED) is 0.795. The highest BCUT2D eigenvalue weighted by atomic mass is 32.2. The van der Waals surface area contributed by atoms with E-state index in [4.69, 9.17) is 0 Å². The van der Waals surface area contributed by atoms with Crippen LogP contribution in [0.4, 0.5) is 10.1 Å². The average Bonchev–Trinajstić information content (AvgIpc) is 3.17. The Morgan fingerprint density at radius 1 is 1.03 bits per heavy atom. The number of quaternary nitrogens is 1. The average molecular weight is 419 g/mol. The molecule has 1 amide bonds. The van der Waals surface area contributed by atoms with Crippen LogP contribution in [0.3, 0.4) is 0 Å². The van der Waals surface area contributed by atoms with Gasteiger partial charge in [-0.2, -0.15) is 4.31 Å². The van der Waals surface area contributed by atoms with E-state index in [9.17, 15) is 17.6 Å². The van der Waals surface area contributed by atoms with Crippen molar-refractivity contribution in [1.82, 2.24) is 4.31 Å². The lowest BCUT2D eigenvalue weighted by Crippen LogP contribution is -3.19. The molecular weight excluding hydrogens is 393 g/mol. The second kappa shape index (κ2) is 7.85. The summed E-state index contributed by atoms with van der Waals surface area (Å²) in [5.41, 5.74) is 2.16. The SMILES string of the molecule is C[C@@H](C(=O)N1CCc2ccccc21)[NH+]1CCN(S(=O)(=O)c2ccccc2F)CC1. The third-order valence-electron chi connectivity index (χ3n) is 5.96. The molecule has 2 aromatic rings. The molecule has 8 heteroatoms. The van der Waals surface area contributed by atoms with Crippen LogP contribution in [0.1, 0.15) is 12.5 Å². The number of fused-ring (bicyclic) bond motifs is 1. The second-order valence-corrected chi connectivity index (χ2v) is 9.49. The van der Waals surface area contributed by atoms with Crippen molar-refractivity contribution in [3.63, 3.8) is 0 Å². The molecule has 0 bridgehead atoms. The van der Waals surface area contributed by atoms with Gasteiger partial charge in [0.2, 0.25) is 10.0 Å². The molecule has 0 spiro atoms. The van der Waals surface area contributed by atoms with Gasteiger partial charge in [0.05, 0.1) is 26.2 Å². The smallest absolute Gasteiger partial charge is 0.284 e. The number of benzene rings is 2. The molecule has 2 aliphatic rings. The third kappa shape index (κ3) is 3.68. The molecule has 6 nitrogen and oxygen atoms in total. The lowest BCUT2D eigenvalue weighted by molar-refractivity contribution is -0.917. The second-order valence-electron chi connectivity index (χ2n) is 7.58. The monoisotopic (exact) mass is 418 g/mol. The summed E-state index contributed by atoms with van der Waals surface area (Å²) < 4.78 is 40.8. The molecule has 4 rings (SSSR count). The molecule has 154 valence electrons. The lowest BCUT2D eigenvalue weighted by atomic mass is 10.1. The van der Waals surface area contributed by atoms with Crippen molar-refractivity contribution in [2.24, 2.45) is 0 Å². The first-order valence-corrected chi connectivity index (χ1v) is 11.3. The number of hydrogen-bond donors (Lipinski definition) is 1. The van der Waals surface area contributed by atoms with Crippen LogP contribution in [0.2, 0.25) is 0 Å². The topological polar surface area (TPSA) is 62.1 Å². The Labute approximate surface area is 170 Å². The number of hydrogen-bond acceptors (Lipinski definition) is 3. The molecule has 1 atom stereocenters. The van der Waals surface area contributed by atoms with Gasteiger partial charge in [0.25, 0.3) is 5.91 Å². The van der Waals surface area contributed by atoms with Crippen molar-refractivity contribution in [1.29, 1.82) is 0 Å². The van der Waals surface area contributed by atoms with Crippen molar-refractivity contribution < 1.29 is 22.5 Å². The number of carbonyl (C=O) groups excluding carboxylic acids is 1. The van der Waals surface area contributed by atoms with Crippen molar-refractivity contribution in [2.75, 3.05) is 37.6 Å². The van der Waals surface area contributed by atoms with Gasteiger partial charge in [0, 0.05) is 12.2 Å². The Hall–Kier alpha value is -2.29. The van der Waals surface area contributed by atoms with E-state index in [-0.39, 0.29) is 29.9 Å². The summed E-state index contributed by atoms with van der Waals surface area (Å²) in [5.74, 6) is -0.672. The maximum absolute atomic E-state index is 14.0. The maximum Gasteiger partial charge on any atom is 0.284 e. The van der Waals surface area contributed by atoms with E-state index >= 15 is 0 Å². The molecule has 1 saturated heterocycles. The number of halogens is 1. The van der Waals surface area contributed by atoms with Crippen molar-refractivity contribution >= 4 is 21.6 Å². The number of rotatable bonds is 4. The number of anilines is 1. The van der Waals surface area contributed by atoms with Crippen LogP contribution in [0.25, 0.3) is 0 Å². The van der Waals surface area contributed by atoms with E-state index in [0.717, 1.165) is 23.1 Å². The Balaban J connectivity index is 1.42. The summed E-state index contributed by atoms with van der Waals surface area (Å²) in [6, 6.07) is 13.1. The fraction of sp³-hybridized carbons (Fsp3) is 0.381. The lowest BCUT2D eigenvalue weighted by Gasteiger charge is -2.35. The molecule has 29 heavy (non-hydrogen) atoms. The van der Waals surface area contributed by atoms with Gasteiger partial charge < -0.3 is 9.80 Å². The Morgan fingerprint density at radius 2 is 1.69 bits per heavy atom. The molecular formula is C21H25FN3O3S+. The summed E-state index contributed by atoms with van der Waals surface area (Å²) in [5, 5.41) is 0. The van der Waals surface area contributed by atoms with E-state index < -0.39 is 15.8 Å². The Bertz CT molecular complexity index is 1020. The van der Waals surface area contributed by atoms with Crippen molar-refractivity contribution in [3.8, 4) is 0 Å². The van der Waals surface area contributed by atoms with Gasteiger partial charge in [-0.15, -0.1) is 0 Å². The van der Waals surface area contributed by atoms with Gasteiger partial charge in [0.1, 0.15) is 10.7 Å². The van der Waals surface area contributed by atoms with Crippen LogP contribution in [-0.4, -0.2) is 57.4 Å². The number of piperazine rings is 1. The third-order valence-corrected chi connectivity index (χ3v) is 7.89. The minimum atomic E-state index is -3.87. The highest BCUT2D eigenvalue weighted by molar-refractivity contribution is 7.89. The summed E-state index contributed by atoms with van der Waals surface area (Å²) in [6.07, 6.45) is 0.860. The molecule has 0 radical (unpaired) electrons. The number of nitrogens with one attached hydrogen (secondary N) is 1. The zero-order valence-corrected chi connectivity index (χ0v) is 17.2. The predicted octanol–water partition coefficient (Wildman–Crippen LogP) is 0.693. The fourth-order valence-electron chi connectivity index (χ4n) is 4.22. The first-order valence-electron chi connectivity index (χ1n) is 9.88. The Kier molecular flexibility index (Phi) is 5.42. The Morgan fingerprint density at radius 3 is 2.41 bits per heavy atom. The van der Waals surface area contributed by atoms with Gasteiger partial charge >= 0.3 is 0 Å². The highest BCUT2D eigenvalue weighted by Gasteiger charge is 2.38. The molecule has 1 fully saturated rings. The number of para-hydroxylation sites is 1. The van der Waals surface area contributed by atoms with Gasteiger partial charge in [-0.25, -0.2) is 12.8 Å². The van der Waals surface area contributed by atoms with Crippen LogP contribution >= 0.6 is 0 Å². The summed E-state index contributed by atoms with van der Waals surface area (Å²) >= 11 is 0. The van der Waals surface area contributed by atoms with E-state index in [2.05, 4.69) is 0 Å². The molecule has 2 heterocycles. The molecule has 2 aliphatic heterocycles. The molecule has 0 unspecified atom stereocenters. The minimum Gasteiger partial charge on any atom is -0.323 e. The summed E-state index contributed by atoms with van der Waals surface area (Å²) in [4.78, 5) is 15.7. The van der Waals surface area contributed by atoms with Gasteiger partial charge in [-0.05, 0) is 37.1 Å². The number of carbonyl (C=O) groups is 1. The van der Waals surface area contributed by atoms with Gasteiger partial charge in [0.15, 0.2) is 6.04 Å². The number of sulfonamides is 1. The number of amides is 1. The highest BCUT2D eigenvalue weighted by Crippen LogP contribution is 2.27. The number of nitrogens with zero attached hydrogens (tertiary/aromatic N) is 2. The maximum atomic E-state index is 14.0. The largest absolute Gasteiger partial charge is 0.323 e. The van der Waals surface area contributed by atoms with E-state index in [1.165, 1.54) is 28.1 Å². The van der Waals surface area contributed by atoms with Crippen LogP contribution in [0.5, 0.6) is 0 Å². The van der Waals surface area contributed by atoms with Crippen LogP contribution in [0.15, 0.2) is 53.4 Å². The van der Waals surface area contributed by atoms with E-state index in [0.29, 0.717) is 19.6 Å². The zero-order chi connectivity index (χ0) is 20.6. The summed E-state index contributed by atoms with van der Waals surface area (Å²) in [6.45, 7) is 4.13. The normalized spacial score (nSPS) is 19.2. The van der Waals surface area contributed by atoms with Crippen LogP contribution in [-0.2, 0) is 21.2 Å². The van der Waals surface area contributed by atoms with E-state index in [1.54, 1.807) is 0 Å². The fourth-order valence-corrected chi connectivity index (χ4v) is 5.72. The summed E-state index contributed by atoms with van der Waals surface area (Å²) in [7, 11) is -3.87. The molecule has 1 N–H and O–H groups in total. The van der Waals surface area contributed by atoms with Crippen LogP contribution in [0, 0.1) is 5.82 Å². The standard InChI is InChI=1S/C21H24FN3O3S/c1-16(21(26)25-11-10-17-6-2-4-8-19(17)25)23-12-14-24(15-13-23)29(27,28)20-9-5-3-7-18(20)22/h2-9,16H,10-15H2,1H3/p+1/t16-/m0/s1.